The van der Waals surface area contributed by atoms with Crippen LogP contribution in [0.25, 0.3) is 0 Å². The van der Waals surface area contributed by atoms with Gasteiger partial charge < -0.3 is 25.0 Å². The first kappa shape index (κ1) is 24.0. The molecule has 1 unspecified atom stereocenters. The Morgan fingerprint density at radius 3 is 2.63 bits per heavy atom. The lowest BCUT2D eigenvalue weighted by Crippen LogP contribution is -2.39. The maximum absolute atomic E-state index is 5.71. The minimum absolute atomic E-state index is 0. The smallest absolute Gasteiger partial charge is 0.190 e. The van der Waals surface area contributed by atoms with Crippen LogP contribution in [-0.2, 0) is 9.47 Å². The molecule has 0 spiro atoms. The second-order valence-electron chi connectivity index (χ2n) is 6.69. The molecular formula is C20H35IN4O2. The quantitative estimate of drug-likeness (QED) is 0.216. The molecule has 2 N–H and O–H groups in total. The fourth-order valence-electron chi connectivity index (χ4n) is 2.90. The number of hydrogen-bond acceptors (Lipinski definition) is 4. The molecule has 0 saturated carbocycles. The normalized spacial score (nSPS) is 16.7. The number of nitrogens with zero attached hydrogens (tertiary/aromatic N) is 2. The van der Waals surface area contributed by atoms with Crippen molar-refractivity contribution in [1.82, 2.24) is 10.6 Å². The van der Waals surface area contributed by atoms with Gasteiger partial charge in [0.1, 0.15) is 0 Å². The molecule has 6 nitrogen and oxygen atoms in total. The van der Waals surface area contributed by atoms with E-state index in [9.17, 15) is 0 Å². The van der Waals surface area contributed by atoms with Gasteiger partial charge in [0.15, 0.2) is 5.96 Å². The van der Waals surface area contributed by atoms with Gasteiger partial charge in [0.05, 0.1) is 13.2 Å². The Morgan fingerprint density at radius 2 is 1.96 bits per heavy atom. The van der Waals surface area contributed by atoms with Crippen LogP contribution in [0.4, 0.5) is 5.69 Å². The fraction of sp³-hybridized carbons (Fsp3) is 0.650. The van der Waals surface area contributed by atoms with E-state index in [4.69, 9.17) is 9.47 Å². The first-order valence-corrected chi connectivity index (χ1v) is 9.66. The molecule has 0 radical (unpaired) electrons. The SMILES string of the molecule is CN=C(NCCCOCC1CCOC1)NCCCN(C)c1ccccc1.I. The summed E-state index contributed by atoms with van der Waals surface area (Å²) in [7, 11) is 3.93. The average molecular weight is 490 g/mol. The van der Waals surface area contributed by atoms with Gasteiger partial charge in [-0.2, -0.15) is 0 Å². The van der Waals surface area contributed by atoms with Crippen LogP contribution in [0.1, 0.15) is 19.3 Å². The molecule has 154 valence electrons. The second-order valence-corrected chi connectivity index (χ2v) is 6.69. The first-order chi connectivity index (χ1) is 12.8. The third-order valence-corrected chi connectivity index (χ3v) is 4.52. The zero-order valence-electron chi connectivity index (χ0n) is 16.7. The van der Waals surface area contributed by atoms with E-state index in [0.717, 1.165) is 71.3 Å². The predicted octanol–water partition coefficient (Wildman–Crippen LogP) is 2.74. The Balaban J connectivity index is 0.00000364. The molecule has 1 aliphatic rings. The molecule has 0 bridgehead atoms. The molecule has 1 atom stereocenters. The third-order valence-electron chi connectivity index (χ3n) is 4.52. The lowest BCUT2D eigenvalue weighted by atomic mass is 10.1. The van der Waals surface area contributed by atoms with Gasteiger partial charge >= 0.3 is 0 Å². The highest BCUT2D eigenvalue weighted by atomic mass is 127. The van der Waals surface area contributed by atoms with E-state index in [1.165, 1.54) is 5.69 Å². The van der Waals surface area contributed by atoms with E-state index in [1.807, 2.05) is 13.1 Å². The number of guanidine groups is 1. The summed E-state index contributed by atoms with van der Waals surface area (Å²) in [6.45, 7) is 6.11. The van der Waals surface area contributed by atoms with E-state index < -0.39 is 0 Å². The predicted molar refractivity (Wildman–Crippen MR) is 123 cm³/mol. The van der Waals surface area contributed by atoms with Crippen molar-refractivity contribution in [2.24, 2.45) is 10.9 Å². The number of hydrogen-bond donors (Lipinski definition) is 2. The van der Waals surface area contributed by atoms with Crippen molar-refractivity contribution < 1.29 is 9.47 Å². The van der Waals surface area contributed by atoms with Crippen LogP contribution in [0, 0.1) is 5.92 Å². The van der Waals surface area contributed by atoms with Crippen LogP contribution in [-0.4, -0.2) is 66.1 Å². The second kappa shape index (κ2) is 14.9. The van der Waals surface area contributed by atoms with Gasteiger partial charge in [0, 0.05) is 58.5 Å². The largest absolute Gasteiger partial charge is 0.381 e. The lowest BCUT2D eigenvalue weighted by molar-refractivity contribution is 0.0888. The average Bonchev–Trinajstić information content (AvgIpc) is 3.20. The molecule has 1 aromatic rings. The van der Waals surface area contributed by atoms with Crippen molar-refractivity contribution in [3.05, 3.63) is 30.3 Å². The van der Waals surface area contributed by atoms with E-state index in [0.29, 0.717) is 5.92 Å². The molecule has 7 heteroatoms. The van der Waals surface area contributed by atoms with Gasteiger partial charge in [0.25, 0.3) is 0 Å². The van der Waals surface area contributed by atoms with E-state index in [1.54, 1.807) is 0 Å². The van der Waals surface area contributed by atoms with Crippen molar-refractivity contribution in [2.45, 2.75) is 19.3 Å². The highest BCUT2D eigenvalue weighted by Crippen LogP contribution is 2.12. The van der Waals surface area contributed by atoms with Crippen molar-refractivity contribution >= 4 is 35.6 Å². The van der Waals surface area contributed by atoms with Crippen LogP contribution in [0.5, 0.6) is 0 Å². The molecule has 1 aliphatic heterocycles. The highest BCUT2D eigenvalue weighted by molar-refractivity contribution is 14.0. The summed E-state index contributed by atoms with van der Waals surface area (Å²) in [4.78, 5) is 6.54. The van der Waals surface area contributed by atoms with Crippen molar-refractivity contribution in [3.8, 4) is 0 Å². The molecule has 2 rings (SSSR count). The summed E-state index contributed by atoms with van der Waals surface area (Å²) >= 11 is 0. The van der Waals surface area contributed by atoms with Crippen molar-refractivity contribution in [2.75, 3.05) is 65.1 Å². The molecule has 1 heterocycles. The maximum Gasteiger partial charge on any atom is 0.190 e. The van der Waals surface area contributed by atoms with Crippen LogP contribution in [0.15, 0.2) is 35.3 Å². The van der Waals surface area contributed by atoms with Crippen LogP contribution >= 0.6 is 24.0 Å². The molecule has 0 aromatic heterocycles. The zero-order valence-corrected chi connectivity index (χ0v) is 19.0. The molecular weight excluding hydrogens is 455 g/mol. The number of rotatable bonds is 11. The minimum Gasteiger partial charge on any atom is -0.381 e. The Morgan fingerprint density at radius 1 is 1.22 bits per heavy atom. The summed E-state index contributed by atoms with van der Waals surface area (Å²) in [5, 5.41) is 6.71. The topological polar surface area (TPSA) is 58.1 Å². The Hall–Kier alpha value is -1.06. The third kappa shape index (κ3) is 10.2. The van der Waals surface area contributed by atoms with Crippen LogP contribution < -0.4 is 15.5 Å². The van der Waals surface area contributed by atoms with E-state index >= 15 is 0 Å². The van der Waals surface area contributed by atoms with Crippen molar-refractivity contribution in [1.29, 1.82) is 0 Å². The number of para-hydroxylation sites is 1. The summed E-state index contributed by atoms with van der Waals surface area (Å²) in [6, 6.07) is 10.5. The molecule has 1 fully saturated rings. The van der Waals surface area contributed by atoms with Gasteiger partial charge in [-0.05, 0) is 31.4 Å². The Bertz CT molecular complexity index is 510. The van der Waals surface area contributed by atoms with E-state index in [2.05, 4.69) is 51.8 Å². The summed E-state index contributed by atoms with van der Waals surface area (Å²) in [5.74, 6) is 1.45. The van der Waals surface area contributed by atoms with Gasteiger partial charge in [-0.25, -0.2) is 0 Å². The van der Waals surface area contributed by atoms with E-state index in [-0.39, 0.29) is 24.0 Å². The number of aliphatic imine (C=N–C) groups is 1. The molecule has 0 aliphatic carbocycles. The van der Waals surface area contributed by atoms with Crippen LogP contribution in [0.2, 0.25) is 0 Å². The summed E-state index contributed by atoms with van der Waals surface area (Å²) in [5.41, 5.74) is 1.25. The summed E-state index contributed by atoms with van der Waals surface area (Å²) in [6.07, 6.45) is 3.16. The van der Waals surface area contributed by atoms with Gasteiger partial charge in [0.2, 0.25) is 0 Å². The molecule has 27 heavy (non-hydrogen) atoms. The summed E-state index contributed by atoms with van der Waals surface area (Å²) < 4.78 is 11.1. The Kier molecular flexibility index (Phi) is 13.3. The Labute approximate surface area is 181 Å². The maximum atomic E-state index is 5.71. The van der Waals surface area contributed by atoms with Crippen LogP contribution in [0.3, 0.4) is 0 Å². The molecule has 0 amide bonds. The standard InChI is InChI=1S/C20H34N4O2.HI/c1-21-20(23-12-7-14-25-16-18-10-15-26-17-18)22-11-6-13-24(2)19-8-4-3-5-9-19;/h3-5,8-9,18H,6-7,10-17H2,1-2H3,(H2,21,22,23);1H. The first-order valence-electron chi connectivity index (χ1n) is 9.66. The number of halogens is 1. The minimum atomic E-state index is 0. The van der Waals surface area contributed by atoms with Gasteiger partial charge in [-0.3, -0.25) is 4.99 Å². The molecule has 1 aromatic carbocycles. The van der Waals surface area contributed by atoms with Crippen molar-refractivity contribution in [3.63, 3.8) is 0 Å². The molecule has 1 saturated heterocycles. The van der Waals surface area contributed by atoms with Gasteiger partial charge in [-0.1, -0.05) is 18.2 Å². The fourth-order valence-corrected chi connectivity index (χ4v) is 2.90. The zero-order chi connectivity index (χ0) is 18.5. The number of ether oxygens (including phenoxy) is 2. The highest BCUT2D eigenvalue weighted by Gasteiger charge is 2.15. The number of benzene rings is 1. The number of nitrogens with one attached hydrogen (secondary N) is 2. The lowest BCUT2D eigenvalue weighted by Gasteiger charge is -2.19. The monoisotopic (exact) mass is 490 g/mol. The van der Waals surface area contributed by atoms with Gasteiger partial charge in [-0.15, -0.1) is 24.0 Å². The number of anilines is 1.